The number of aromatic amines is 1. The first kappa shape index (κ1) is 39.3. The second kappa shape index (κ2) is 18.3. The molecule has 1 saturated heterocycles. The number of methoxy groups -OCH3 is 1. The standard InChI is InChI=1S/C42H51ClN4O7/c1-53-37-23-34(33(43)22-29(37)24-45-25-36(49)31-11-13-35(48)40-32(31)12-14-39(51)47-40)46-38(50)10-6-8-27-7-5-9-30(21-27)42(17-3-2-4-18-42)41(52)54-26-28-15-19-44-20-16-28/h5,7,9,11-14,21-23,28,36,44-45,48-49H,2-4,6,8,10,15-20,24-26H2,1H3,(H,46,50)(H,47,51)/t36-/m0/s1. The summed E-state index contributed by atoms with van der Waals surface area (Å²) in [4.78, 5) is 41.1. The van der Waals surface area contributed by atoms with Gasteiger partial charge in [-0.3, -0.25) is 14.4 Å². The number of aromatic nitrogens is 1. The highest BCUT2D eigenvalue weighted by atomic mass is 35.5. The molecule has 1 aromatic heterocycles. The van der Waals surface area contributed by atoms with E-state index in [1.54, 1.807) is 24.3 Å². The van der Waals surface area contributed by atoms with Crippen LogP contribution in [0.1, 0.15) is 86.1 Å². The van der Waals surface area contributed by atoms with E-state index in [1.165, 1.54) is 19.2 Å². The Bertz CT molecular complexity index is 1990. The molecule has 1 amide bonds. The van der Waals surface area contributed by atoms with Crippen molar-refractivity contribution in [3.05, 3.63) is 98.3 Å². The number of anilines is 1. The normalized spacial score (nSPS) is 16.5. The predicted molar refractivity (Wildman–Crippen MR) is 210 cm³/mol. The number of pyridine rings is 1. The maximum Gasteiger partial charge on any atom is 0.316 e. The number of aliphatic hydroxyl groups excluding tert-OH is 1. The van der Waals surface area contributed by atoms with Crippen molar-refractivity contribution >= 4 is 40.1 Å². The Morgan fingerprint density at radius 2 is 1.83 bits per heavy atom. The number of amides is 1. The van der Waals surface area contributed by atoms with Crippen LogP contribution in [0.2, 0.25) is 5.02 Å². The molecule has 0 unspecified atom stereocenters. The van der Waals surface area contributed by atoms with Crippen molar-refractivity contribution in [2.45, 2.75) is 82.3 Å². The van der Waals surface area contributed by atoms with Gasteiger partial charge in [-0.25, -0.2) is 0 Å². The number of phenolic OH excluding ortho intramolecular Hbond substituents is 1. The largest absolute Gasteiger partial charge is 0.506 e. The van der Waals surface area contributed by atoms with E-state index in [4.69, 9.17) is 21.1 Å². The molecule has 4 aromatic rings. The third-order valence-electron chi connectivity index (χ3n) is 10.9. The lowest BCUT2D eigenvalue weighted by molar-refractivity contribution is -0.154. The summed E-state index contributed by atoms with van der Waals surface area (Å²) in [7, 11) is 1.54. The number of aromatic hydroxyl groups is 1. The van der Waals surface area contributed by atoms with Gasteiger partial charge in [-0.1, -0.05) is 61.2 Å². The van der Waals surface area contributed by atoms with Gasteiger partial charge in [0.05, 0.1) is 41.5 Å². The fraction of sp³-hybridized carbons (Fsp3) is 0.452. The maximum atomic E-state index is 13.7. The van der Waals surface area contributed by atoms with Crippen LogP contribution >= 0.6 is 11.6 Å². The molecule has 288 valence electrons. The Labute approximate surface area is 320 Å². The number of aryl methyl sites for hydroxylation is 1. The number of carbonyl (C=O) groups excluding carboxylic acids is 2. The number of H-pyrrole nitrogens is 1. The number of aliphatic hydroxyl groups is 1. The Balaban J connectivity index is 1.02. The van der Waals surface area contributed by atoms with Gasteiger partial charge in [0.25, 0.3) is 0 Å². The number of rotatable bonds is 15. The molecule has 0 bridgehead atoms. The van der Waals surface area contributed by atoms with Crippen molar-refractivity contribution in [1.29, 1.82) is 0 Å². The molecule has 54 heavy (non-hydrogen) atoms. The number of fused-ring (bicyclic) bond motifs is 1. The van der Waals surface area contributed by atoms with E-state index in [0.717, 1.165) is 74.7 Å². The molecule has 1 aliphatic heterocycles. The van der Waals surface area contributed by atoms with E-state index in [9.17, 15) is 24.6 Å². The maximum absolute atomic E-state index is 13.7. The van der Waals surface area contributed by atoms with Crippen LogP contribution in [0.15, 0.2) is 65.5 Å². The zero-order valence-electron chi connectivity index (χ0n) is 30.8. The van der Waals surface area contributed by atoms with Gasteiger partial charge in [0, 0.05) is 42.6 Å². The summed E-state index contributed by atoms with van der Waals surface area (Å²) in [6.07, 6.45) is 7.46. The van der Waals surface area contributed by atoms with Crippen LogP contribution < -0.4 is 26.2 Å². The van der Waals surface area contributed by atoms with Crippen LogP contribution in [0.5, 0.6) is 11.5 Å². The van der Waals surface area contributed by atoms with Crippen LogP contribution in [0.4, 0.5) is 5.69 Å². The summed E-state index contributed by atoms with van der Waals surface area (Å²) in [6, 6.07) is 17.7. The molecule has 11 nitrogen and oxygen atoms in total. The number of ether oxygens (including phenoxy) is 2. The van der Waals surface area contributed by atoms with Gasteiger partial charge >= 0.3 is 5.97 Å². The summed E-state index contributed by atoms with van der Waals surface area (Å²) in [5.74, 6) is 0.602. The van der Waals surface area contributed by atoms with Crippen molar-refractivity contribution in [3.8, 4) is 11.5 Å². The van der Waals surface area contributed by atoms with Gasteiger partial charge < -0.3 is 40.6 Å². The first-order chi connectivity index (χ1) is 26.2. The molecule has 2 heterocycles. The minimum atomic E-state index is -0.930. The number of halogens is 1. The number of hydrogen-bond donors (Lipinski definition) is 6. The molecule has 3 aromatic carbocycles. The quantitative estimate of drug-likeness (QED) is 0.0752. The molecule has 1 atom stereocenters. The van der Waals surface area contributed by atoms with Gasteiger partial charge in [-0.2, -0.15) is 0 Å². The van der Waals surface area contributed by atoms with Crippen LogP contribution in [0.25, 0.3) is 10.9 Å². The molecule has 0 radical (unpaired) electrons. The molecule has 2 fully saturated rings. The Morgan fingerprint density at radius 3 is 2.61 bits per heavy atom. The molecule has 0 spiro atoms. The minimum absolute atomic E-state index is 0.0749. The highest BCUT2D eigenvalue weighted by Gasteiger charge is 2.43. The summed E-state index contributed by atoms with van der Waals surface area (Å²) in [5.41, 5.74) is 3.15. The first-order valence-corrected chi connectivity index (χ1v) is 19.4. The van der Waals surface area contributed by atoms with E-state index >= 15 is 0 Å². The topological polar surface area (TPSA) is 162 Å². The summed E-state index contributed by atoms with van der Waals surface area (Å²) in [5, 5.41) is 31.5. The van der Waals surface area contributed by atoms with Crippen LogP contribution in [0, 0.1) is 5.92 Å². The molecule has 1 saturated carbocycles. The Hall–Kier alpha value is -4.42. The zero-order valence-corrected chi connectivity index (χ0v) is 31.6. The van der Waals surface area contributed by atoms with E-state index < -0.39 is 11.5 Å². The zero-order chi connectivity index (χ0) is 38.1. The second-order valence-corrected chi connectivity index (χ2v) is 15.0. The van der Waals surface area contributed by atoms with Crippen LogP contribution in [0.3, 0.4) is 0 Å². The molecular weight excluding hydrogens is 708 g/mol. The monoisotopic (exact) mass is 758 g/mol. The molecule has 2 aliphatic rings. The number of phenols is 1. The van der Waals surface area contributed by atoms with E-state index in [-0.39, 0.29) is 41.7 Å². The first-order valence-electron chi connectivity index (χ1n) is 19.0. The van der Waals surface area contributed by atoms with Crippen molar-refractivity contribution in [2.75, 3.05) is 38.7 Å². The fourth-order valence-electron chi connectivity index (χ4n) is 7.86. The third-order valence-corrected chi connectivity index (χ3v) is 11.2. The highest BCUT2D eigenvalue weighted by molar-refractivity contribution is 6.33. The van der Waals surface area contributed by atoms with Crippen LogP contribution in [-0.4, -0.2) is 60.4 Å². The number of esters is 1. The Morgan fingerprint density at radius 1 is 1.04 bits per heavy atom. The number of hydrogen-bond acceptors (Lipinski definition) is 9. The number of benzene rings is 3. The van der Waals surface area contributed by atoms with E-state index in [2.05, 4.69) is 39.1 Å². The van der Waals surface area contributed by atoms with Gasteiger partial charge in [-0.15, -0.1) is 0 Å². The minimum Gasteiger partial charge on any atom is -0.506 e. The predicted octanol–water partition coefficient (Wildman–Crippen LogP) is 6.43. The molecule has 6 N–H and O–H groups in total. The molecule has 1 aliphatic carbocycles. The van der Waals surface area contributed by atoms with Gasteiger partial charge in [0.15, 0.2) is 0 Å². The fourth-order valence-corrected chi connectivity index (χ4v) is 8.09. The highest BCUT2D eigenvalue weighted by Crippen LogP contribution is 2.41. The summed E-state index contributed by atoms with van der Waals surface area (Å²) in [6.45, 7) is 2.92. The summed E-state index contributed by atoms with van der Waals surface area (Å²) < 4.78 is 11.6. The van der Waals surface area contributed by atoms with E-state index in [0.29, 0.717) is 59.3 Å². The number of carbonyl (C=O) groups is 2. The summed E-state index contributed by atoms with van der Waals surface area (Å²) >= 11 is 6.62. The average Bonchev–Trinajstić information content (AvgIpc) is 3.19. The molecule has 12 heteroatoms. The van der Waals surface area contributed by atoms with Crippen molar-refractivity contribution < 1.29 is 29.3 Å². The van der Waals surface area contributed by atoms with Crippen molar-refractivity contribution in [1.82, 2.24) is 15.6 Å². The van der Waals surface area contributed by atoms with Crippen LogP contribution in [-0.2, 0) is 32.7 Å². The van der Waals surface area contributed by atoms with Crippen molar-refractivity contribution in [3.63, 3.8) is 0 Å². The van der Waals surface area contributed by atoms with Gasteiger partial charge in [0.2, 0.25) is 11.5 Å². The smallest absolute Gasteiger partial charge is 0.316 e. The number of nitrogens with one attached hydrogen (secondary N) is 4. The van der Waals surface area contributed by atoms with E-state index in [1.807, 2.05) is 6.07 Å². The molecule has 6 rings (SSSR count). The lowest BCUT2D eigenvalue weighted by Crippen LogP contribution is -2.41. The average molecular weight is 759 g/mol. The lowest BCUT2D eigenvalue weighted by Gasteiger charge is -2.36. The Kier molecular flexibility index (Phi) is 13.3. The number of piperidine rings is 1. The SMILES string of the molecule is COc1cc(NC(=O)CCCc2cccc(C3(C(=O)OCC4CCNCC4)CCCCC3)c2)c(Cl)cc1CNC[C@H](O)c1ccc(O)c2[nH]c(=O)ccc12. The van der Waals surface area contributed by atoms with Crippen molar-refractivity contribution in [2.24, 2.45) is 5.92 Å². The van der Waals surface area contributed by atoms with Gasteiger partial charge in [0.1, 0.15) is 11.5 Å². The lowest BCUT2D eigenvalue weighted by atomic mass is 9.69. The molecular formula is C42H51ClN4O7. The third kappa shape index (κ3) is 9.44. The second-order valence-electron chi connectivity index (χ2n) is 14.6. The van der Waals surface area contributed by atoms with Gasteiger partial charge in [-0.05, 0) is 92.4 Å².